The summed E-state index contributed by atoms with van der Waals surface area (Å²) in [6.07, 6.45) is 1.80. The van der Waals surface area contributed by atoms with Crippen molar-refractivity contribution in [3.63, 3.8) is 0 Å². The summed E-state index contributed by atoms with van der Waals surface area (Å²) in [5.41, 5.74) is -1.47. The van der Waals surface area contributed by atoms with Gasteiger partial charge in [-0.2, -0.15) is 4.31 Å². The van der Waals surface area contributed by atoms with Crippen LogP contribution in [0.3, 0.4) is 0 Å². The molecule has 1 aliphatic heterocycles. The van der Waals surface area contributed by atoms with Gasteiger partial charge in [0.15, 0.2) is 0 Å². The van der Waals surface area contributed by atoms with Gasteiger partial charge in [-0.05, 0) is 19.4 Å². The van der Waals surface area contributed by atoms with Crippen molar-refractivity contribution in [3.8, 4) is 0 Å². The van der Waals surface area contributed by atoms with E-state index in [4.69, 9.17) is 0 Å². The summed E-state index contributed by atoms with van der Waals surface area (Å²) < 4.78 is 27.2. The van der Waals surface area contributed by atoms with Gasteiger partial charge in [0.2, 0.25) is 15.9 Å². The molecule has 0 spiro atoms. The van der Waals surface area contributed by atoms with Crippen LogP contribution < -0.4 is 16.6 Å². The number of carbonyl (C=O) groups is 1. The molecule has 3 rings (SSSR count). The summed E-state index contributed by atoms with van der Waals surface area (Å²) >= 11 is 1.33. The number of H-pyrrole nitrogens is 2. The highest BCUT2D eigenvalue weighted by atomic mass is 32.2. The molecule has 10 nitrogen and oxygen atoms in total. The molecule has 2 aromatic rings. The van der Waals surface area contributed by atoms with Crippen LogP contribution in [0.25, 0.3) is 11.0 Å². The smallest absolute Gasteiger partial charge is 0.327 e. The molecule has 12 heteroatoms. The first-order valence-electron chi connectivity index (χ1n) is 8.26. The van der Waals surface area contributed by atoms with Crippen molar-refractivity contribution in [2.45, 2.75) is 37.2 Å². The Morgan fingerprint density at radius 3 is 2.89 bits per heavy atom. The summed E-state index contributed by atoms with van der Waals surface area (Å²) in [4.78, 5) is 43.7. The number of carbonyl (C=O) groups excluding carboxylic acids is 1. The van der Waals surface area contributed by atoms with Crippen LogP contribution in [0.4, 0.5) is 0 Å². The standard InChI is InChI=1S/C15H19N5O5S2/c1-3-8(2)17-14(22)11-6-26-7-20(11)27(24,25)9-4-10-12(16-5-9)18-15(23)19-13(10)21/h4-5,8,11H,3,6-7H2,1-2H3,(H,17,22)(H2,16,18,19,21,23)/t8-,11+/m0/s1. The van der Waals surface area contributed by atoms with Gasteiger partial charge in [-0.1, -0.05) is 6.92 Å². The predicted octanol–water partition coefficient (Wildman–Crippen LogP) is -0.410. The SMILES string of the molecule is CC[C@H](C)NC(=O)[C@H]1CSCN1S(=O)(=O)c1cnc2[nH]c(=O)[nH]c(=O)c2c1. The lowest BCUT2D eigenvalue weighted by atomic mass is 10.2. The van der Waals surface area contributed by atoms with Gasteiger partial charge in [0.25, 0.3) is 5.56 Å². The molecule has 1 fully saturated rings. The monoisotopic (exact) mass is 413 g/mol. The van der Waals surface area contributed by atoms with E-state index in [1.54, 1.807) is 0 Å². The lowest BCUT2D eigenvalue weighted by Crippen LogP contribution is -2.49. The van der Waals surface area contributed by atoms with Gasteiger partial charge in [-0.3, -0.25) is 19.6 Å². The summed E-state index contributed by atoms with van der Waals surface area (Å²) in [6.45, 7) is 3.77. The molecule has 0 bridgehead atoms. The lowest BCUT2D eigenvalue weighted by molar-refractivity contribution is -0.124. The Kier molecular flexibility index (Phi) is 5.40. The minimum absolute atomic E-state index is 0.00967. The number of nitrogens with zero attached hydrogens (tertiary/aromatic N) is 2. The maximum atomic E-state index is 13.0. The summed E-state index contributed by atoms with van der Waals surface area (Å²) in [6, 6.07) is 0.253. The number of hydrogen-bond acceptors (Lipinski definition) is 7. The van der Waals surface area contributed by atoms with Crippen LogP contribution in [-0.2, 0) is 14.8 Å². The second-order valence-electron chi connectivity index (χ2n) is 6.20. The zero-order chi connectivity index (χ0) is 19.8. The van der Waals surface area contributed by atoms with Gasteiger partial charge in [-0.25, -0.2) is 18.2 Å². The molecular formula is C15H19N5O5S2. The molecule has 2 atom stereocenters. The fourth-order valence-corrected chi connectivity index (χ4v) is 5.74. The molecule has 27 heavy (non-hydrogen) atoms. The van der Waals surface area contributed by atoms with E-state index in [0.717, 1.165) is 23.0 Å². The van der Waals surface area contributed by atoms with E-state index in [-0.39, 0.29) is 33.8 Å². The fraction of sp³-hybridized carbons (Fsp3) is 0.467. The Morgan fingerprint density at radius 1 is 1.44 bits per heavy atom. The van der Waals surface area contributed by atoms with Gasteiger partial charge in [0.05, 0.1) is 11.3 Å². The Bertz CT molecular complexity index is 1090. The highest BCUT2D eigenvalue weighted by molar-refractivity contribution is 8.00. The molecule has 146 valence electrons. The average Bonchev–Trinajstić information content (AvgIpc) is 3.11. The van der Waals surface area contributed by atoms with Crippen molar-refractivity contribution in [1.82, 2.24) is 24.6 Å². The van der Waals surface area contributed by atoms with Crippen molar-refractivity contribution in [1.29, 1.82) is 0 Å². The molecule has 0 saturated carbocycles. The summed E-state index contributed by atoms with van der Waals surface area (Å²) in [7, 11) is -4.05. The average molecular weight is 413 g/mol. The van der Waals surface area contributed by atoms with Gasteiger partial charge in [0, 0.05) is 18.0 Å². The number of aromatic amines is 2. The third-order valence-corrected chi connectivity index (χ3v) is 7.31. The molecule has 3 N–H and O–H groups in total. The van der Waals surface area contributed by atoms with Crippen LogP contribution in [0.1, 0.15) is 20.3 Å². The first-order chi connectivity index (χ1) is 12.7. The molecule has 0 unspecified atom stereocenters. The zero-order valence-corrected chi connectivity index (χ0v) is 16.3. The molecule has 3 heterocycles. The minimum Gasteiger partial charge on any atom is -0.352 e. The number of rotatable bonds is 5. The van der Waals surface area contributed by atoms with Gasteiger partial charge in [0.1, 0.15) is 16.6 Å². The van der Waals surface area contributed by atoms with Crippen molar-refractivity contribution in [2.24, 2.45) is 0 Å². The number of hydrogen-bond donors (Lipinski definition) is 3. The molecule has 1 amide bonds. The van der Waals surface area contributed by atoms with E-state index in [0.29, 0.717) is 5.75 Å². The van der Waals surface area contributed by atoms with Crippen molar-refractivity contribution in [2.75, 3.05) is 11.6 Å². The first-order valence-corrected chi connectivity index (χ1v) is 10.9. The number of aromatic nitrogens is 3. The molecule has 1 aliphatic rings. The predicted molar refractivity (Wildman–Crippen MR) is 101 cm³/mol. The van der Waals surface area contributed by atoms with Crippen molar-refractivity contribution >= 4 is 38.7 Å². The van der Waals surface area contributed by atoms with Crippen molar-refractivity contribution in [3.05, 3.63) is 33.1 Å². The molecule has 0 aromatic carbocycles. The summed E-state index contributed by atoms with van der Waals surface area (Å²) in [5, 5.41) is 2.75. The highest BCUT2D eigenvalue weighted by Gasteiger charge is 2.40. The van der Waals surface area contributed by atoms with Gasteiger partial charge >= 0.3 is 5.69 Å². The zero-order valence-electron chi connectivity index (χ0n) is 14.7. The molecular weight excluding hydrogens is 394 g/mol. The largest absolute Gasteiger partial charge is 0.352 e. The third kappa shape index (κ3) is 3.77. The Balaban J connectivity index is 1.98. The maximum Gasteiger partial charge on any atom is 0.327 e. The van der Waals surface area contributed by atoms with Crippen molar-refractivity contribution < 1.29 is 13.2 Å². The quantitative estimate of drug-likeness (QED) is 0.604. The number of sulfonamides is 1. The van der Waals surface area contributed by atoms with Crippen LogP contribution in [0.5, 0.6) is 0 Å². The third-order valence-electron chi connectivity index (χ3n) is 4.32. The topological polar surface area (TPSA) is 145 Å². The van der Waals surface area contributed by atoms with Crippen LogP contribution in [0, 0.1) is 0 Å². The Morgan fingerprint density at radius 2 is 2.19 bits per heavy atom. The number of fused-ring (bicyclic) bond motifs is 1. The molecule has 2 aromatic heterocycles. The lowest BCUT2D eigenvalue weighted by Gasteiger charge is -2.24. The highest BCUT2D eigenvalue weighted by Crippen LogP contribution is 2.28. The normalized spacial score (nSPS) is 19.3. The van der Waals surface area contributed by atoms with Gasteiger partial charge < -0.3 is 5.32 Å². The second kappa shape index (κ2) is 7.44. The van der Waals surface area contributed by atoms with E-state index >= 15 is 0 Å². The number of nitrogens with one attached hydrogen (secondary N) is 3. The molecule has 1 saturated heterocycles. The number of amides is 1. The minimum atomic E-state index is -4.05. The second-order valence-corrected chi connectivity index (χ2v) is 9.09. The van der Waals surface area contributed by atoms with Crippen LogP contribution in [0.2, 0.25) is 0 Å². The van der Waals surface area contributed by atoms with E-state index in [1.807, 2.05) is 18.8 Å². The fourth-order valence-electron chi connectivity index (χ4n) is 2.62. The number of pyridine rings is 1. The van der Waals surface area contributed by atoms with Crippen LogP contribution >= 0.6 is 11.8 Å². The van der Waals surface area contributed by atoms with E-state index in [2.05, 4.69) is 15.3 Å². The van der Waals surface area contributed by atoms with Crippen LogP contribution in [-0.4, -0.2) is 57.3 Å². The Labute approximate surface area is 158 Å². The summed E-state index contributed by atoms with van der Waals surface area (Å²) in [5.74, 6) is 0.117. The molecule has 0 aliphatic carbocycles. The van der Waals surface area contributed by atoms with Crippen LogP contribution in [0.15, 0.2) is 26.7 Å². The van der Waals surface area contributed by atoms with E-state index < -0.39 is 27.3 Å². The van der Waals surface area contributed by atoms with E-state index in [9.17, 15) is 22.8 Å². The molecule has 0 radical (unpaired) electrons. The number of thioether (sulfide) groups is 1. The maximum absolute atomic E-state index is 13.0. The Hall–Kier alpha value is -2.18. The first kappa shape index (κ1) is 19.6. The van der Waals surface area contributed by atoms with Gasteiger partial charge in [-0.15, -0.1) is 11.8 Å². The van der Waals surface area contributed by atoms with E-state index in [1.165, 1.54) is 11.8 Å².